The molecule has 0 aliphatic heterocycles. The summed E-state index contributed by atoms with van der Waals surface area (Å²) in [4.78, 5) is 0. The Balaban J connectivity index is 2.34. The van der Waals surface area contributed by atoms with Crippen LogP contribution in [0.25, 0.3) is 22.3 Å². The quantitative estimate of drug-likeness (QED) is 0.525. The summed E-state index contributed by atoms with van der Waals surface area (Å²) in [6, 6.07) is 12.1. The van der Waals surface area contributed by atoms with Crippen LogP contribution in [0.4, 0.5) is 11.4 Å². The molecule has 68 valence electrons. The maximum atomic E-state index is 5.92. The van der Waals surface area contributed by atoms with E-state index in [9.17, 15) is 0 Å². The third kappa shape index (κ3) is 0.708. The fraction of sp³-hybridized carbons (Fsp3) is 0. The third-order valence-electron chi connectivity index (χ3n) is 2.77. The van der Waals surface area contributed by atoms with Gasteiger partial charge in [0.25, 0.3) is 0 Å². The Morgan fingerprint density at radius 2 is 1.43 bits per heavy atom. The number of hydrogen-bond donors (Lipinski definition) is 2. The van der Waals surface area contributed by atoms with Crippen LogP contribution in [-0.4, -0.2) is 0 Å². The average Bonchev–Trinajstić information content (AvgIpc) is 2.18. The summed E-state index contributed by atoms with van der Waals surface area (Å²) in [5, 5.41) is 0. The normalized spacial score (nSPS) is 11.4. The molecule has 2 heteroatoms. The van der Waals surface area contributed by atoms with Gasteiger partial charge < -0.3 is 11.5 Å². The summed E-state index contributed by atoms with van der Waals surface area (Å²) in [6.07, 6.45) is 0. The Labute approximate surface area is 82.2 Å². The Hall–Kier alpha value is -1.96. The number of nitrogen functional groups attached to an aromatic ring is 2. The second-order valence-electron chi connectivity index (χ2n) is 3.54. The minimum atomic E-state index is 0.665. The van der Waals surface area contributed by atoms with Crippen LogP contribution in [0.2, 0.25) is 0 Å². The highest BCUT2D eigenvalue weighted by Gasteiger charge is 2.24. The summed E-state index contributed by atoms with van der Waals surface area (Å²) in [5.74, 6) is 0. The van der Waals surface area contributed by atoms with Gasteiger partial charge in [-0.3, -0.25) is 0 Å². The molecule has 0 bridgehead atoms. The highest BCUT2D eigenvalue weighted by molar-refractivity contribution is 6.09. The first kappa shape index (κ1) is 7.44. The first-order valence-electron chi connectivity index (χ1n) is 4.57. The zero-order chi connectivity index (χ0) is 9.71. The van der Waals surface area contributed by atoms with Gasteiger partial charge in [0, 0.05) is 5.56 Å². The predicted molar refractivity (Wildman–Crippen MR) is 59.7 cm³/mol. The van der Waals surface area contributed by atoms with Crippen molar-refractivity contribution in [2.24, 2.45) is 0 Å². The van der Waals surface area contributed by atoms with Gasteiger partial charge in [0.2, 0.25) is 0 Å². The Bertz CT molecular complexity index is 530. The van der Waals surface area contributed by atoms with Crippen molar-refractivity contribution in [1.29, 1.82) is 0 Å². The molecule has 2 aromatic carbocycles. The molecule has 3 rings (SSSR count). The smallest absolute Gasteiger partial charge is 0.0633 e. The molecule has 4 N–H and O–H groups in total. The molecule has 0 radical (unpaired) electrons. The van der Waals surface area contributed by atoms with Gasteiger partial charge in [-0.15, -0.1) is 0 Å². The lowest BCUT2D eigenvalue weighted by atomic mass is 9.79. The van der Waals surface area contributed by atoms with Crippen LogP contribution in [0.1, 0.15) is 0 Å². The number of fused-ring (bicyclic) bond motifs is 4. The van der Waals surface area contributed by atoms with Gasteiger partial charge in [0.05, 0.1) is 11.4 Å². The van der Waals surface area contributed by atoms with E-state index in [0.717, 1.165) is 5.56 Å². The molecule has 0 saturated heterocycles. The zero-order valence-electron chi connectivity index (χ0n) is 7.62. The SMILES string of the molecule is Nc1ccc2c(c1N)-c1ccccc1-2. The molecule has 0 fully saturated rings. The molecular weight excluding hydrogens is 172 g/mol. The van der Waals surface area contributed by atoms with E-state index in [-0.39, 0.29) is 0 Å². The standard InChI is InChI=1S/C12H10N2/c13-10-6-5-9-7-3-1-2-4-8(7)11(9)12(10)14/h1-6H,13-14H2. The average molecular weight is 182 g/mol. The minimum Gasteiger partial charge on any atom is -0.397 e. The molecule has 2 aromatic rings. The van der Waals surface area contributed by atoms with Gasteiger partial charge in [-0.2, -0.15) is 0 Å². The molecule has 0 unspecified atom stereocenters. The van der Waals surface area contributed by atoms with E-state index in [1.54, 1.807) is 0 Å². The third-order valence-corrected chi connectivity index (χ3v) is 2.77. The summed E-state index contributed by atoms with van der Waals surface area (Å²) in [6.45, 7) is 0. The van der Waals surface area contributed by atoms with Crippen molar-refractivity contribution in [3.05, 3.63) is 36.4 Å². The Morgan fingerprint density at radius 1 is 0.714 bits per heavy atom. The summed E-state index contributed by atoms with van der Waals surface area (Å²) in [5.41, 5.74) is 17.9. The highest BCUT2D eigenvalue weighted by atomic mass is 14.7. The number of hydrogen-bond acceptors (Lipinski definition) is 2. The maximum Gasteiger partial charge on any atom is 0.0633 e. The maximum absolute atomic E-state index is 5.92. The molecular formula is C12H10N2. The molecule has 14 heavy (non-hydrogen) atoms. The fourth-order valence-corrected chi connectivity index (χ4v) is 2.02. The molecule has 0 amide bonds. The number of anilines is 2. The van der Waals surface area contributed by atoms with E-state index >= 15 is 0 Å². The van der Waals surface area contributed by atoms with Crippen LogP contribution in [0, 0.1) is 0 Å². The van der Waals surface area contributed by atoms with E-state index in [1.807, 2.05) is 24.3 Å². The van der Waals surface area contributed by atoms with Crippen molar-refractivity contribution in [3.8, 4) is 22.3 Å². The summed E-state index contributed by atoms with van der Waals surface area (Å²) in [7, 11) is 0. The van der Waals surface area contributed by atoms with E-state index < -0.39 is 0 Å². The van der Waals surface area contributed by atoms with Crippen LogP contribution < -0.4 is 11.5 Å². The van der Waals surface area contributed by atoms with Gasteiger partial charge in [0.15, 0.2) is 0 Å². The van der Waals surface area contributed by atoms with Crippen LogP contribution >= 0.6 is 0 Å². The lowest BCUT2D eigenvalue weighted by molar-refractivity contribution is 1.52. The summed E-state index contributed by atoms with van der Waals surface area (Å²) >= 11 is 0. The molecule has 0 spiro atoms. The molecule has 1 aliphatic carbocycles. The fourth-order valence-electron chi connectivity index (χ4n) is 2.02. The first-order valence-corrected chi connectivity index (χ1v) is 4.57. The molecule has 0 saturated carbocycles. The van der Waals surface area contributed by atoms with E-state index in [2.05, 4.69) is 12.1 Å². The van der Waals surface area contributed by atoms with Crippen molar-refractivity contribution in [1.82, 2.24) is 0 Å². The van der Waals surface area contributed by atoms with Crippen LogP contribution in [0.3, 0.4) is 0 Å². The van der Waals surface area contributed by atoms with Gasteiger partial charge in [-0.25, -0.2) is 0 Å². The van der Waals surface area contributed by atoms with Crippen molar-refractivity contribution < 1.29 is 0 Å². The number of nitrogens with two attached hydrogens (primary N) is 2. The van der Waals surface area contributed by atoms with Gasteiger partial charge >= 0.3 is 0 Å². The van der Waals surface area contributed by atoms with Gasteiger partial charge in [-0.1, -0.05) is 30.3 Å². The molecule has 1 aliphatic rings. The minimum absolute atomic E-state index is 0.665. The molecule has 0 atom stereocenters. The molecule has 0 heterocycles. The van der Waals surface area contributed by atoms with Crippen LogP contribution in [-0.2, 0) is 0 Å². The van der Waals surface area contributed by atoms with E-state index in [4.69, 9.17) is 11.5 Å². The van der Waals surface area contributed by atoms with Gasteiger partial charge in [-0.05, 0) is 22.8 Å². The van der Waals surface area contributed by atoms with Crippen molar-refractivity contribution in [3.63, 3.8) is 0 Å². The second kappa shape index (κ2) is 2.29. The first-order chi connectivity index (χ1) is 6.79. The lowest BCUT2D eigenvalue weighted by Crippen LogP contribution is -2.05. The largest absolute Gasteiger partial charge is 0.397 e. The van der Waals surface area contributed by atoms with Crippen molar-refractivity contribution in [2.75, 3.05) is 11.5 Å². The Kier molecular flexibility index (Phi) is 1.22. The summed E-state index contributed by atoms with van der Waals surface area (Å²) < 4.78 is 0. The zero-order valence-corrected chi connectivity index (χ0v) is 7.62. The van der Waals surface area contributed by atoms with Crippen LogP contribution in [0.5, 0.6) is 0 Å². The molecule has 2 nitrogen and oxygen atoms in total. The Morgan fingerprint density at radius 3 is 2.21 bits per heavy atom. The van der Waals surface area contributed by atoms with E-state index in [1.165, 1.54) is 16.7 Å². The number of rotatable bonds is 0. The van der Waals surface area contributed by atoms with Crippen LogP contribution in [0.15, 0.2) is 36.4 Å². The van der Waals surface area contributed by atoms with Crippen molar-refractivity contribution in [2.45, 2.75) is 0 Å². The second-order valence-corrected chi connectivity index (χ2v) is 3.54. The molecule has 0 aromatic heterocycles. The topological polar surface area (TPSA) is 52.0 Å². The monoisotopic (exact) mass is 182 g/mol. The highest BCUT2D eigenvalue weighted by Crippen LogP contribution is 2.51. The predicted octanol–water partition coefficient (Wildman–Crippen LogP) is 2.50. The number of benzene rings is 2. The van der Waals surface area contributed by atoms with E-state index in [0.29, 0.717) is 11.4 Å². The van der Waals surface area contributed by atoms with Crippen molar-refractivity contribution >= 4 is 11.4 Å². The lowest BCUT2D eigenvalue weighted by Gasteiger charge is -2.25. The van der Waals surface area contributed by atoms with Gasteiger partial charge in [0.1, 0.15) is 0 Å².